The van der Waals surface area contributed by atoms with E-state index in [1.54, 1.807) is 41.9 Å². The number of hydrogen-bond acceptors (Lipinski definition) is 5. The van der Waals surface area contributed by atoms with E-state index in [-0.39, 0.29) is 22.9 Å². The lowest BCUT2D eigenvalue weighted by molar-refractivity contribution is 0.0975. The SMILES string of the molecule is CN(C)CCOc1cc(O)c2c3c(n(C)c2c1)C(=O)c1ccccc1C3=O. The molecule has 6 heteroatoms. The summed E-state index contributed by atoms with van der Waals surface area (Å²) in [5.41, 5.74) is 1.91. The summed E-state index contributed by atoms with van der Waals surface area (Å²) in [5, 5.41) is 11.0. The second-order valence-corrected chi connectivity index (χ2v) is 6.97. The molecule has 1 aliphatic carbocycles. The van der Waals surface area contributed by atoms with Crippen molar-refractivity contribution in [3.8, 4) is 11.5 Å². The van der Waals surface area contributed by atoms with Crippen LogP contribution in [0.5, 0.6) is 11.5 Å². The average molecular weight is 364 g/mol. The Labute approximate surface area is 156 Å². The van der Waals surface area contributed by atoms with Crippen LogP contribution in [0.3, 0.4) is 0 Å². The molecule has 0 spiro atoms. The normalized spacial score (nSPS) is 13.2. The largest absolute Gasteiger partial charge is 0.507 e. The molecule has 1 aromatic heterocycles. The van der Waals surface area contributed by atoms with Crippen molar-refractivity contribution in [2.75, 3.05) is 27.2 Å². The van der Waals surface area contributed by atoms with Crippen LogP contribution in [-0.4, -0.2) is 53.4 Å². The Morgan fingerprint density at radius 1 is 1.07 bits per heavy atom. The molecule has 0 aliphatic heterocycles. The predicted molar refractivity (Wildman–Crippen MR) is 102 cm³/mol. The molecule has 3 aromatic rings. The van der Waals surface area contributed by atoms with Gasteiger partial charge in [0.2, 0.25) is 5.78 Å². The first-order valence-electron chi connectivity index (χ1n) is 8.71. The van der Waals surface area contributed by atoms with Gasteiger partial charge in [0, 0.05) is 36.9 Å². The zero-order chi connectivity index (χ0) is 19.3. The summed E-state index contributed by atoms with van der Waals surface area (Å²) < 4.78 is 7.39. The van der Waals surface area contributed by atoms with Crippen molar-refractivity contribution in [3.63, 3.8) is 0 Å². The van der Waals surface area contributed by atoms with E-state index < -0.39 is 0 Å². The Morgan fingerprint density at radius 3 is 2.41 bits per heavy atom. The first kappa shape index (κ1) is 17.3. The molecule has 4 rings (SSSR count). The van der Waals surface area contributed by atoms with E-state index in [4.69, 9.17) is 4.74 Å². The van der Waals surface area contributed by atoms with Crippen LogP contribution in [0.25, 0.3) is 10.9 Å². The zero-order valence-electron chi connectivity index (χ0n) is 15.4. The Morgan fingerprint density at radius 2 is 1.74 bits per heavy atom. The van der Waals surface area contributed by atoms with Crippen LogP contribution in [0, 0.1) is 0 Å². The highest BCUT2D eigenvalue weighted by Crippen LogP contribution is 2.40. The summed E-state index contributed by atoms with van der Waals surface area (Å²) in [4.78, 5) is 28.0. The number of nitrogens with zero attached hydrogens (tertiary/aromatic N) is 2. The van der Waals surface area contributed by atoms with Crippen LogP contribution >= 0.6 is 0 Å². The number of aromatic hydroxyl groups is 1. The molecule has 0 fully saturated rings. The van der Waals surface area contributed by atoms with Crippen LogP contribution in [0.2, 0.25) is 0 Å². The van der Waals surface area contributed by atoms with E-state index in [9.17, 15) is 14.7 Å². The molecule has 2 aromatic carbocycles. The number of fused-ring (bicyclic) bond motifs is 4. The molecular formula is C21H20N2O4. The van der Waals surface area contributed by atoms with Gasteiger partial charge in [-0.15, -0.1) is 0 Å². The summed E-state index contributed by atoms with van der Waals surface area (Å²) in [6.07, 6.45) is 0. The summed E-state index contributed by atoms with van der Waals surface area (Å²) in [6, 6.07) is 10.0. The molecule has 27 heavy (non-hydrogen) atoms. The third-order valence-electron chi connectivity index (χ3n) is 4.92. The number of carbonyl (C=O) groups excluding carboxylic acids is 2. The van der Waals surface area contributed by atoms with E-state index >= 15 is 0 Å². The van der Waals surface area contributed by atoms with Crippen LogP contribution in [-0.2, 0) is 7.05 Å². The van der Waals surface area contributed by atoms with Crippen molar-refractivity contribution in [1.29, 1.82) is 0 Å². The summed E-state index contributed by atoms with van der Waals surface area (Å²) in [6.45, 7) is 1.19. The summed E-state index contributed by atoms with van der Waals surface area (Å²) in [5.74, 6) is -0.0299. The van der Waals surface area contributed by atoms with Gasteiger partial charge in [0.1, 0.15) is 23.8 Å². The van der Waals surface area contributed by atoms with Crippen molar-refractivity contribution in [2.45, 2.75) is 0 Å². The van der Waals surface area contributed by atoms with Gasteiger partial charge < -0.3 is 19.3 Å². The Kier molecular flexibility index (Phi) is 4.00. The number of aromatic nitrogens is 1. The predicted octanol–water partition coefficient (Wildman–Crippen LogP) is 2.60. The molecule has 1 N–H and O–H groups in total. The van der Waals surface area contributed by atoms with Crippen molar-refractivity contribution in [1.82, 2.24) is 9.47 Å². The highest BCUT2D eigenvalue weighted by atomic mass is 16.5. The van der Waals surface area contributed by atoms with E-state index in [0.717, 1.165) is 6.54 Å². The number of hydrogen-bond donors (Lipinski definition) is 1. The van der Waals surface area contributed by atoms with Gasteiger partial charge in [-0.1, -0.05) is 24.3 Å². The highest BCUT2D eigenvalue weighted by molar-refractivity contribution is 6.32. The quantitative estimate of drug-likeness (QED) is 0.603. The first-order chi connectivity index (χ1) is 12.9. The number of aryl methyl sites for hydroxylation is 1. The molecule has 0 amide bonds. The number of ether oxygens (including phenoxy) is 1. The van der Waals surface area contributed by atoms with Gasteiger partial charge in [-0.05, 0) is 14.1 Å². The van der Waals surface area contributed by atoms with Gasteiger partial charge in [0.05, 0.1) is 16.5 Å². The maximum absolute atomic E-state index is 13.1. The van der Waals surface area contributed by atoms with E-state index in [0.29, 0.717) is 40.1 Å². The standard InChI is InChI=1S/C21H20N2O4/c1-22(2)8-9-27-12-10-15-17(16(24)11-12)18-19(23(15)3)21(26)14-7-5-4-6-13(14)20(18)25/h4-7,10-11,24H,8-9H2,1-3H3. The summed E-state index contributed by atoms with van der Waals surface area (Å²) in [7, 11) is 5.62. The molecular weight excluding hydrogens is 344 g/mol. The minimum absolute atomic E-state index is 0.0651. The lowest BCUT2D eigenvalue weighted by Gasteiger charge is -2.15. The van der Waals surface area contributed by atoms with Gasteiger partial charge in [0.25, 0.3) is 0 Å². The van der Waals surface area contributed by atoms with E-state index in [2.05, 4.69) is 0 Å². The highest BCUT2D eigenvalue weighted by Gasteiger charge is 2.35. The molecule has 0 unspecified atom stereocenters. The van der Waals surface area contributed by atoms with Gasteiger partial charge in [0.15, 0.2) is 5.78 Å². The lowest BCUT2D eigenvalue weighted by Crippen LogP contribution is -2.22. The van der Waals surface area contributed by atoms with Crippen molar-refractivity contribution >= 4 is 22.5 Å². The van der Waals surface area contributed by atoms with Crippen molar-refractivity contribution in [2.24, 2.45) is 7.05 Å². The van der Waals surface area contributed by atoms with Crippen LogP contribution in [0.4, 0.5) is 0 Å². The second kappa shape index (κ2) is 6.25. The zero-order valence-corrected chi connectivity index (χ0v) is 15.4. The maximum Gasteiger partial charge on any atom is 0.210 e. The Hall–Kier alpha value is -3.12. The fraction of sp³-hybridized carbons (Fsp3) is 0.238. The monoisotopic (exact) mass is 364 g/mol. The molecule has 0 atom stereocenters. The smallest absolute Gasteiger partial charge is 0.210 e. The first-order valence-corrected chi connectivity index (χ1v) is 8.71. The van der Waals surface area contributed by atoms with Gasteiger partial charge in [-0.25, -0.2) is 0 Å². The lowest BCUT2D eigenvalue weighted by atomic mass is 9.86. The number of phenols is 1. The fourth-order valence-electron chi connectivity index (χ4n) is 3.57. The van der Waals surface area contributed by atoms with Crippen molar-refractivity contribution in [3.05, 3.63) is 58.8 Å². The molecule has 1 aliphatic rings. The van der Waals surface area contributed by atoms with Gasteiger partial charge in [-0.3, -0.25) is 9.59 Å². The fourth-order valence-corrected chi connectivity index (χ4v) is 3.57. The number of rotatable bonds is 4. The Balaban J connectivity index is 1.88. The number of likely N-dealkylation sites (N-methyl/N-ethyl adjacent to an activating group) is 1. The van der Waals surface area contributed by atoms with Crippen molar-refractivity contribution < 1.29 is 19.4 Å². The van der Waals surface area contributed by atoms with Crippen LogP contribution in [0.15, 0.2) is 36.4 Å². The maximum atomic E-state index is 13.1. The third kappa shape index (κ3) is 2.61. The number of benzene rings is 2. The second-order valence-electron chi connectivity index (χ2n) is 6.97. The van der Waals surface area contributed by atoms with Crippen LogP contribution < -0.4 is 4.74 Å². The Bertz CT molecular complexity index is 1100. The molecule has 0 bridgehead atoms. The number of carbonyl (C=O) groups is 2. The molecule has 0 saturated heterocycles. The minimum Gasteiger partial charge on any atom is -0.507 e. The van der Waals surface area contributed by atoms with Gasteiger partial charge in [-0.2, -0.15) is 0 Å². The molecule has 6 nitrogen and oxygen atoms in total. The van der Waals surface area contributed by atoms with Crippen LogP contribution in [0.1, 0.15) is 32.0 Å². The minimum atomic E-state index is -0.248. The average Bonchev–Trinajstić information content (AvgIpc) is 2.93. The third-order valence-corrected chi connectivity index (χ3v) is 4.92. The van der Waals surface area contributed by atoms with Gasteiger partial charge >= 0.3 is 0 Å². The number of phenolic OH excluding ortho intramolecular Hbond substituents is 1. The molecule has 0 radical (unpaired) electrons. The topological polar surface area (TPSA) is 71.8 Å². The van der Waals surface area contributed by atoms with E-state index in [1.165, 1.54) is 6.07 Å². The molecule has 0 saturated carbocycles. The summed E-state index contributed by atoms with van der Waals surface area (Å²) >= 11 is 0. The molecule has 1 heterocycles. The van der Waals surface area contributed by atoms with E-state index in [1.807, 2.05) is 19.0 Å². The number of ketones is 2. The molecule has 138 valence electrons.